The fourth-order valence-electron chi connectivity index (χ4n) is 9.68. The van der Waals surface area contributed by atoms with Gasteiger partial charge in [0.15, 0.2) is 0 Å². The molecule has 0 aliphatic heterocycles. The molecular formula is C62H122O4. The summed E-state index contributed by atoms with van der Waals surface area (Å²) in [6.07, 6.45) is 69.0. The summed E-state index contributed by atoms with van der Waals surface area (Å²) in [5.74, 6) is -0.488. The quantitative estimate of drug-likeness (QED) is 0.0375. The van der Waals surface area contributed by atoms with Crippen LogP contribution >= 0.6 is 0 Å². The van der Waals surface area contributed by atoms with Crippen LogP contribution in [-0.4, -0.2) is 23.7 Å². The summed E-state index contributed by atoms with van der Waals surface area (Å²) in [5.41, 5.74) is -0.453. The third kappa shape index (κ3) is 52.1. The maximum Gasteiger partial charge on any atom is 0.309 e. The first-order chi connectivity index (χ1) is 32.4. The second-order valence-corrected chi connectivity index (χ2v) is 21.0. The van der Waals surface area contributed by atoms with Gasteiger partial charge in [0.1, 0.15) is 0 Å². The van der Waals surface area contributed by atoms with Crippen LogP contribution in [0.3, 0.4) is 0 Å². The molecule has 0 bridgehead atoms. The number of aliphatic carboxylic acids is 1. The molecule has 0 unspecified atom stereocenters. The average Bonchev–Trinajstić information content (AvgIpc) is 3.31. The van der Waals surface area contributed by atoms with Crippen LogP contribution < -0.4 is 0 Å². The van der Waals surface area contributed by atoms with Gasteiger partial charge in [-0.1, -0.05) is 310 Å². The van der Waals surface area contributed by atoms with Crippen molar-refractivity contribution in [1.82, 2.24) is 0 Å². The standard InChI is InChI=1S/C34H68O2.C28H54O2/c1-4-7-10-13-16-18-20-22-25-28-31-34(33(35)36,30-27-24-15-12-9-6-3)32-29-26-23-21-19-17-14-11-8-5-2;1-3-5-7-9-11-13-14-15-16-17-18-19-20-22-24-26-28(29)30-27-25-23-21-12-10-8-6-4-2/h4-32H2,1-3H3,(H,35,36);15-16H,3-14,17-27H2,1-2H3/b;16-15-. The van der Waals surface area contributed by atoms with E-state index in [0.29, 0.717) is 13.0 Å². The molecule has 0 fully saturated rings. The number of carbonyl (C=O) groups excluding carboxylic acids is 1. The van der Waals surface area contributed by atoms with Gasteiger partial charge in [-0.2, -0.15) is 0 Å². The molecule has 0 saturated heterocycles. The lowest BCUT2D eigenvalue weighted by molar-refractivity contribution is -0.151. The minimum atomic E-state index is -0.497. The van der Waals surface area contributed by atoms with Crippen molar-refractivity contribution >= 4 is 11.9 Å². The van der Waals surface area contributed by atoms with Gasteiger partial charge in [0.2, 0.25) is 0 Å². The van der Waals surface area contributed by atoms with E-state index >= 15 is 0 Å². The van der Waals surface area contributed by atoms with Crippen molar-refractivity contribution in [2.45, 2.75) is 362 Å². The Morgan fingerprint density at radius 3 is 0.864 bits per heavy atom. The van der Waals surface area contributed by atoms with E-state index in [0.717, 1.165) is 57.8 Å². The van der Waals surface area contributed by atoms with E-state index in [1.165, 1.54) is 263 Å². The van der Waals surface area contributed by atoms with Crippen molar-refractivity contribution in [3.05, 3.63) is 12.2 Å². The van der Waals surface area contributed by atoms with E-state index in [4.69, 9.17) is 4.74 Å². The maximum absolute atomic E-state index is 12.6. The number of hydrogen-bond donors (Lipinski definition) is 1. The fourth-order valence-corrected chi connectivity index (χ4v) is 9.68. The zero-order valence-corrected chi connectivity index (χ0v) is 46.1. The van der Waals surface area contributed by atoms with Crippen molar-refractivity contribution in [3.63, 3.8) is 0 Å². The number of carboxylic acid groups (broad SMARTS) is 1. The van der Waals surface area contributed by atoms with Gasteiger partial charge in [0.25, 0.3) is 0 Å². The third-order valence-corrected chi connectivity index (χ3v) is 14.4. The summed E-state index contributed by atoms with van der Waals surface area (Å²) in [7, 11) is 0. The molecule has 4 nitrogen and oxygen atoms in total. The summed E-state index contributed by atoms with van der Waals surface area (Å²) in [6, 6.07) is 0. The van der Waals surface area contributed by atoms with Crippen molar-refractivity contribution in [2.75, 3.05) is 6.61 Å². The molecule has 394 valence electrons. The molecular weight excluding hydrogens is 809 g/mol. The van der Waals surface area contributed by atoms with Crippen LogP contribution in [0.15, 0.2) is 12.2 Å². The summed E-state index contributed by atoms with van der Waals surface area (Å²) in [4.78, 5) is 24.3. The normalized spacial score (nSPS) is 11.7. The molecule has 0 aromatic heterocycles. The van der Waals surface area contributed by atoms with Gasteiger partial charge < -0.3 is 9.84 Å². The van der Waals surface area contributed by atoms with Crippen molar-refractivity contribution < 1.29 is 19.4 Å². The molecule has 0 spiro atoms. The van der Waals surface area contributed by atoms with Gasteiger partial charge in [0, 0.05) is 6.42 Å². The highest BCUT2D eigenvalue weighted by molar-refractivity contribution is 5.74. The first-order valence-electron chi connectivity index (χ1n) is 30.5. The summed E-state index contributed by atoms with van der Waals surface area (Å²) >= 11 is 0. The van der Waals surface area contributed by atoms with E-state index in [9.17, 15) is 14.7 Å². The molecule has 0 amide bonds. The fraction of sp³-hybridized carbons (Fsp3) is 0.935. The van der Waals surface area contributed by atoms with Crippen LogP contribution in [0, 0.1) is 5.41 Å². The molecule has 0 saturated carbocycles. The number of carbonyl (C=O) groups is 2. The predicted octanol–water partition coefficient (Wildman–Crippen LogP) is 22.1. The highest BCUT2D eigenvalue weighted by atomic mass is 16.5. The largest absolute Gasteiger partial charge is 0.481 e. The number of allylic oxidation sites excluding steroid dienone is 2. The summed E-state index contributed by atoms with van der Waals surface area (Å²) in [6.45, 7) is 12.0. The number of unbranched alkanes of at least 4 members (excludes halogenated alkanes) is 41. The summed E-state index contributed by atoms with van der Waals surface area (Å²) in [5, 5.41) is 10.4. The van der Waals surface area contributed by atoms with Gasteiger partial charge in [-0.3, -0.25) is 9.59 Å². The van der Waals surface area contributed by atoms with Crippen LogP contribution in [0.4, 0.5) is 0 Å². The second kappa shape index (κ2) is 58.0. The van der Waals surface area contributed by atoms with Gasteiger partial charge >= 0.3 is 11.9 Å². The van der Waals surface area contributed by atoms with Crippen molar-refractivity contribution in [2.24, 2.45) is 5.41 Å². The van der Waals surface area contributed by atoms with Crippen molar-refractivity contribution in [1.29, 1.82) is 0 Å². The second-order valence-electron chi connectivity index (χ2n) is 21.0. The van der Waals surface area contributed by atoms with Crippen LogP contribution in [0.5, 0.6) is 0 Å². The van der Waals surface area contributed by atoms with Gasteiger partial charge in [-0.05, 0) is 57.8 Å². The molecule has 0 rings (SSSR count). The Morgan fingerprint density at radius 1 is 0.333 bits per heavy atom. The van der Waals surface area contributed by atoms with E-state index < -0.39 is 11.4 Å². The lowest BCUT2D eigenvalue weighted by atomic mass is 9.74. The smallest absolute Gasteiger partial charge is 0.309 e. The van der Waals surface area contributed by atoms with Crippen LogP contribution in [0.25, 0.3) is 0 Å². The molecule has 4 heteroatoms. The first kappa shape index (κ1) is 66.8. The van der Waals surface area contributed by atoms with Gasteiger partial charge in [-0.25, -0.2) is 0 Å². The van der Waals surface area contributed by atoms with Crippen LogP contribution in [0.2, 0.25) is 0 Å². The Morgan fingerprint density at radius 2 is 0.576 bits per heavy atom. The van der Waals surface area contributed by atoms with Crippen molar-refractivity contribution in [3.8, 4) is 0 Å². The lowest BCUT2D eigenvalue weighted by Gasteiger charge is -2.30. The topological polar surface area (TPSA) is 63.6 Å². The van der Waals surface area contributed by atoms with E-state index in [-0.39, 0.29) is 5.97 Å². The Hall–Kier alpha value is -1.32. The lowest BCUT2D eigenvalue weighted by Crippen LogP contribution is -2.31. The molecule has 0 aliphatic rings. The van der Waals surface area contributed by atoms with Gasteiger partial charge in [-0.15, -0.1) is 0 Å². The maximum atomic E-state index is 12.6. The predicted molar refractivity (Wildman–Crippen MR) is 294 cm³/mol. The Balaban J connectivity index is 0. The number of rotatable bonds is 54. The molecule has 0 aromatic rings. The zero-order valence-electron chi connectivity index (χ0n) is 46.1. The van der Waals surface area contributed by atoms with E-state index in [2.05, 4.69) is 46.8 Å². The number of hydrogen-bond acceptors (Lipinski definition) is 3. The highest BCUT2D eigenvalue weighted by Crippen LogP contribution is 2.38. The number of ether oxygens (including phenoxy) is 1. The first-order valence-corrected chi connectivity index (χ1v) is 30.5. The molecule has 66 heavy (non-hydrogen) atoms. The SMILES string of the molecule is CCCCCCCC/C=C\CCCCCCCC(=O)OCCCCCCCCCC.CCCCCCCCCCCCC(CCCCCCCC)(CCCCCCCCCCCC)C(=O)O. The summed E-state index contributed by atoms with van der Waals surface area (Å²) < 4.78 is 5.36. The molecule has 0 radical (unpaired) electrons. The highest BCUT2D eigenvalue weighted by Gasteiger charge is 2.36. The minimum absolute atomic E-state index is 0.00979. The van der Waals surface area contributed by atoms with Crippen LogP contribution in [0.1, 0.15) is 362 Å². The van der Waals surface area contributed by atoms with Crippen LogP contribution in [-0.2, 0) is 14.3 Å². The number of esters is 1. The average molecular weight is 932 g/mol. The zero-order chi connectivity index (χ0) is 48.5. The molecule has 0 atom stereocenters. The minimum Gasteiger partial charge on any atom is -0.481 e. The van der Waals surface area contributed by atoms with E-state index in [1.54, 1.807) is 0 Å². The molecule has 0 heterocycles. The monoisotopic (exact) mass is 931 g/mol. The molecule has 1 N–H and O–H groups in total. The third-order valence-electron chi connectivity index (χ3n) is 14.4. The van der Waals surface area contributed by atoms with E-state index in [1.807, 2.05) is 0 Å². The Bertz CT molecular complexity index is 933. The van der Waals surface area contributed by atoms with Gasteiger partial charge in [0.05, 0.1) is 12.0 Å². The molecule has 0 aliphatic carbocycles. The molecule has 0 aromatic carbocycles. The Labute approximate surface area is 416 Å². The Kier molecular flexibility index (Phi) is 58.7. The number of carboxylic acids is 1.